The van der Waals surface area contributed by atoms with E-state index in [9.17, 15) is 4.79 Å². The van der Waals surface area contributed by atoms with Gasteiger partial charge in [-0.15, -0.1) is 0 Å². The molecule has 2 rings (SSSR count). The molecule has 0 spiro atoms. The van der Waals surface area contributed by atoms with Crippen molar-refractivity contribution < 1.29 is 14.6 Å². The normalized spacial score (nSPS) is 10.1. The van der Waals surface area contributed by atoms with Crippen LogP contribution in [-0.4, -0.2) is 16.1 Å². The first-order valence-electron chi connectivity index (χ1n) is 5.21. The van der Waals surface area contributed by atoms with Gasteiger partial charge in [0.25, 0.3) is 0 Å². The van der Waals surface area contributed by atoms with E-state index in [-0.39, 0.29) is 12.2 Å². The van der Waals surface area contributed by atoms with Crippen LogP contribution in [0.25, 0.3) is 0 Å². The van der Waals surface area contributed by atoms with Gasteiger partial charge in [0.1, 0.15) is 12.4 Å². The zero-order valence-corrected chi connectivity index (χ0v) is 10.1. The Balaban J connectivity index is 2.09. The number of halogens is 1. The summed E-state index contributed by atoms with van der Waals surface area (Å²) in [5.41, 5.74) is 0.810. The number of carbonyl (C=O) groups is 1. The molecule has 1 aromatic heterocycles. The third kappa shape index (κ3) is 2.99. The van der Waals surface area contributed by atoms with Crippen molar-refractivity contribution >= 4 is 17.6 Å². The van der Waals surface area contributed by atoms with Crippen molar-refractivity contribution in [3.05, 3.63) is 58.9 Å². The number of carboxylic acids is 1. The monoisotopic (exact) mass is 263 g/mol. The molecule has 4 nitrogen and oxygen atoms in total. The molecular formula is C13H10ClNO3. The number of ether oxygens (including phenoxy) is 1. The second-order valence-corrected chi connectivity index (χ2v) is 4.01. The Morgan fingerprint density at radius 1 is 1.33 bits per heavy atom. The zero-order valence-electron chi connectivity index (χ0n) is 9.34. The van der Waals surface area contributed by atoms with Gasteiger partial charge in [-0.05, 0) is 18.2 Å². The molecule has 0 atom stereocenters. The molecule has 92 valence electrons. The predicted octanol–water partition coefficient (Wildman–Crippen LogP) is 3.01. The molecular weight excluding hydrogens is 254 g/mol. The summed E-state index contributed by atoms with van der Waals surface area (Å²) in [5, 5.41) is 9.35. The number of hydrogen-bond donors (Lipinski definition) is 1. The summed E-state index contributed by atoms with van der Waals surface area (Å²) in [6.45, 7) is 0.220. The van der Waals surface area contributed by atoms with Gasteiger partial charge in [0, 0.05) is 18.0 Å². The number of hydrogen-bond acceptors (Lipinski definition) is 3. The van der Waals surface area contributed by atoms with Crippen LogP contribution >= 0.6 is 11.6 Å². The standard InChI is InChI=1S/C13H10ClNO3/c14-11-3-1-2-4-12(11)18-8-9-5-10(13(16)17)7-15-6-9/h1-7H,8H2,(H,16,17). The van der Waals surface area contributed by atoms with Crippen LogP contribution in [0.1, 0.15) is 15.9 Å². The van der Waals surface area contributed by atoms with Crippen molar-refractivity contribution in [3.63, 3.8) is 0 Å². The summed E-state index contributed by atoms with van der Waals surface area (Å²) in [6, 6.07) is 8.61. The second-order valence-electron chi connectivity index (χ2n) is 3.61. The van der Waals surface area contributed by atoms with Crippen molar-refractivity contribution in [1.29, 1.82) is 0 Å². The first kappa shape index (κ1) is 12.4. The lowest BCUT2D eigenvalue weighted by Gasteiger charge is -2.07. The lowest BCUT2D eigenvalue weighted by molar-refractivity contribution is 0.0696. The molecule has 0 saturated carbocycles. The summed E-state index contributed by atoms with van der Waals surface area (Å²) in [4.78, 5) is 14.6. The van der Waals surface area contributed by atoms with Crippen LogP contribution in [0.3, 0.4) is 0 Å². The van der Waals surface area contributed by atoms with Gasteiger partial charge in [-0.25, -0.2) is 4.79 Å². The van der Waals surface area contributed by atoms with Crippen LogP contribution in [0.15, 0.2) is 42.7 Å². The third-order valence-electron chi connectivity index (χ3n) is 2.27. The van der Waals surface area contributed by atoms with E-state index in [1.54, 1.807) is 18.3 Å². The molecule has 0 aliphatic heterocycles. The average Bonchev–Trinajstić information content (AvgIpc) is 2.38. The molecule has 0 unspecified atom stereocenters. The highest BCUT2D eigenvalue weighted by atomic mass is 35.5. The van der Waals surface area contributed by atoms with Gasteiger partial charge < -0.3 is 9.84 Å². The third-order valence-corrected chi connectivity index (χ3v) is 2.59. The Hall–Kier alpha value is -2.07. The van der Waals surface area contributed by atoms with Crippen LogP contribution < -0.4 is 4.74 Å². The Labute approximate surface area is 109 Å². The number of benzene rings is 1. The molecule has 1 N–H and O–H groups in total. The Bertz CT molecular complexity index is 572. The largest absolute Gasteiger partial charge is 0.487 e. The van der Waals surface area contributed by atoms with Gasteiger partial charge in [0.2, 0.25) is 0 Å². The predicted molar refractivity (Wildman–Crippen MR) is 67.0 cm³/mol. The SMILES string of the molecule is O=C(O)c1cncc(COc2ccccc2Cl)c1. The van der Waals surface area contributed by atoms with Crippen molar-refractivity contribution in [2.75, 3.05) is 0 Å². The fraction of sp³-hybridized carbons (Fsp3) is 0.0769. The van der Waals surface area contributed by atoms with Gasteiger partial charge in [0.05, 0.1) is 10.6 Å². The topological polar surface area (TPSA) is 59.4 Å². The van der Waals surface area contributed by atoms with Crippen molar-refractivity contribution in [2.24, 2.45) is 0 Å². The van der Waals surface area contributed by atoms with Crippen LogP contribution in [0, 0.1) is 0 Å². The quantitative estimate of drug-likeness (QED) is 0.921. The maximum absolute atomic E-state index is 10.8. The number of para-hydroxylation sites is 1. The van der Waals surface area contributed by atoms with E-state index in [2.05, 4.69) is 4.98 Å². The number of carboxylic acid groups (broad SMARTS) is 1. The maximum Gasteiger partial charge on any atom is 0.337 e. The van der Waals surface area contributed by atoms with E-state index in [0.717, 1.165) is 0 Å². The maximum atomic E-state index is 10.8. The van der Waals surface area contributed by atoms with E-state index in [4.69, 9.17) is 21.4 Å². The minimum absolute atomic E-state index is 0.134. The number of aromatic carboxylic acids is 1. The van der Waals surface area contributed by atoms with Crippen molar-refractivity contribution in [3.8, 4) is 5.75 Å². The molecule has 5 heteroatoms. The molecule has 0 aliphatic rings. The lowest BCUT2D eigenvalue weighted by Crippen LogP contribution is -2.01. The Morgan fingerprint density at radius 2 is 2.11 bits per heavy atom. The minimum Gasteiger partial charge on any atom is -0.487 e. The summed E-state index contributed by atoms with van der Waals surface area (Å²) in [5.74, 6) is -0.456. The molecule has 2 aromatic rings. The number of rotatable bonds is 4. The van der Waals surface area contributed by atoms with Gasteiger partial charge in [-0.3, -0.25) is 4.98 Å². The van der Waals surface area contributed by atoms with Crippen molar-refractivity contribution in [2.45, 2.75) is 6.61 Å². The molecule has 0 aliphatic carbocycles. The van der Waals surface area contributed by atoms with Gasteiger partial charge in [0.15, 0.2) is 0 Å². The van der Waals surface area contributed by atoms with Crippen molar-refractivity contribution in [1.82, 2.24) is 4.98 Å². The zero-order chi connectivity index (χ0) is 13.0. The number of aromatic nitrogens is 1. The highest BCUT2D eigenvalue weighted by Crippen LogP contribution is 2.24. The lowest BCUT2D eigenvalue weighted by atomic mass is 10.2. The molecule has 0 bridgehead atoms. The molecule has 18 heavy (non-hydrogen) atoms. The first-order chi connectivity index (χ1) is 8.66. The Morgan fingerprint density at radius 3 is 2.83 bits per heavy atom. The molecule has 0 saturated heterocycles. The van der Waals surface area contributed by atoms with E-state index >= 15 is 0 Å². The van der Waals surface area contributed by atoms with Gasteiger partial charge >= 0.3 is 5.97 Å². The summed E-state index contributed by atoms with van der Waals surface area (Å²) in [6.07, 6.45) is 2.85. The van der Waals surface area contributed by atoms with E-state index < -0.39 is 5.97 Å². The highest BCUT2D eigenvalue weighted by Gasteiger charge is 2.05. The second kappa shape index (κ2) is 5.51. The Kier molecular flexibility index (Phi) is 3.79. The molecule has 1 heterocycles. The molecule has 0 fully saturated rings. The summed E-state index contributed by atoms with van der Waals surface area (Å²) >= 11 is 5.94. The van der Waals surface area contributed by atoms with E-state index in [0.29, 0.717) is 16.3 Å². The minimum atomic E-state index is -1.01. The fourth-order valence-corrected chi connectivity index (χ4v) is 1.60. The summed E-state index contributed by atoms with van der Waals surface area (Å²) < 4.78 is 5.49. The summed E-state index contributed by atoms with van der Waals surface area (Å²) in [7, 11) is 0. The van der Waals surface area contributed by atoms with Crippen LogP contribution in [-0.2, 0) is 6.61 Å². The smallest absolute Gasteiger partial charge is 0.337 e. The van der Waals surface area contributed by atoms with Crippen LogP contribution in [0.4, 0.5) is 0 Å². The molecule has 1 aromatic carbocycles. The number of nitrogens with zero attached hydrogens (tertiary/aromatic N) is 1. The molecule has 0 amide bonds. The highest BCUT2D eigenvalue weighted by molar-refractivity contribution is 6.32. The number of pyridine rings is 1. The molecule has 0 radical (unpaired) electrons. The van der Waals surface area contributed by atoms with E-state index in [1.807, 2.05) is 12.1 Å². The fourth-order valence-electron chi connectivity index (χ4n) is 1.41. The van der Waals surface area contributed by atoms with Gasteiger partial charge in [-0.1, -0.05) is 23.7 Å². The van der Waals surface area contributed by atoms with E-state index in [1.165, 1.54) is 12.3 Å². The van der Waals surface area contributed by atoms with Crippen LogP contribution in [0.5, 0.6) is 5.75 Å². The van der Waals surface area contributed by atoms with Crippen LogP contribution in [0.2, 0.25) is 5.02 Å². The average molecular weight is 264 g/mol. The van der Waals surface area contributed by atoms with Gasteiger partial charge in [-0.2, -0.15) is 0 Å². The first-order valence-corrected chi connectivity index (χ1v) is 5.59.